The SMILES string of the molecule is CCNC(=NCc1ccc(-n2ccnc2)c(F)c1)NC1CCCCC1.I. The van der Waals surface area contributed by atoms with Crippen LogP contribution in [0.25, 0.3) is 5.69 Å². The van der Waals surface area contributed by atoms with Gasteiger partial charge in [0.25, 0.3) is 0 Å². The van der Waals surface area contributed by atoms with Crippen LogP contribution in [0, 0.1) is 5.82 Å². The zero-order valence-corrected chi connectivity index (χ0v) is 17.4. The topological polar surface area (TPSA) is 54.2 Å². The van der Waals surface area contributed by atoms with Gasteiger partial charge in [-0.05, 0) is 37.5 Å². The Hall–Kier alpha value is -1.64. The molecule has 0 aliphatic heterocycles. The van der Waals surface area contributed by atoms with Gasteiger partial charge in [-0.2, -0.15) is 0 Å². The maximum Gasteiger partial charge on any atom is 0.191 e. The van der Waals surface area contributed by atoms with E-state index in [-0.39, 0.29) is 29.8 Å². The minimum absolute atomic E-state index is 0. The molecule has 0 radical (unpaired) electrons. The Bertz CT molecular complexity index is 696. The summed E-state index contributed by atoms with van der Waals surface area (Å²) in [6, 6.07) is 5.71. The lowest BCUT2D eigenvalue weighted by atomic mass is 9.96. The molecule has 2 aromatic rings. The van der Waals surface area contributed by atoms with Crippen LogP contribution in [0.2, 0.25) is 0 Å². The Labute approximate surface area is 171 Å². The summed E-state index contributed by atoms with van der Waals surface area (Å²) in [6.45, 7) is 3.31. The maximum atomic E-state index is 14.3. The molecule has 0 bridgehead atoms. The summed E-state index contributed by atoms with van der Waals surface area (Å²) < 4.78 is 16.0. The monoisotopic (exact) mass is 471 g/mol. The van der Waals surface area contributed by atoms with E-state index in [9.17, 15) is 4.39 Å². The molecule has 1 aliphatic carbocycles. The van der Waals surface area contributed by atoms with Gasteiger partial charge < -0.3 is 15.2 Å². The quantitative estimate of drug-likeness (QED) is 0.394. The van der Waals surface area contributed by atoms with Crippen LogP contribution in [-0.4, -0.2) is 28.1 Å². The van der Waals surface area contributed by atoms with Gasteiger partial charge in [0.1, 0.15) is 5.82 Å². The molecule has 1 fully saturated rings. The standard InChI is InChI=1S/C19H26FN5.HI/c1-2-22-19(24-16-6-4-3-5-7-16)23-13-15-8-9-18(17(20)12-15)25-11-10-21-14-25;/h8-12,14,16H,2-7,13H2,1H3,(H2,22,23,24);1H. The summed E-state index contributed by atoms with van der Waals surface area (Å²) in [5, 5.41) is 6.79. The molecule has 0 amide bonds. The van der Waals surface area contributed by atoms with Crippen LogP contribution >= 0.6 is 24.0 Å². The number of nitrogens with zero attached hydrogens (tertiary/aromatic N) is 3. The van der Waals surface area contributed by atoms with E-state index in [0.29, 0.717) is 18.3 Å². The summed E-state index contributed by atoms with van der Waals surface area (Å²) in [5.74, 6) is 0.546. The molecule has 1 aromatic carbocycles. The third kappa shape index (κ3) is 5.69. The first-order chi connectivity index (χ1) is 12.3. The Morgan fingerprint density at radius 1 is 1.31 bits per heavy atom. The third-order valence-electron chi connectivity index (χ3n) is 4.50. The van der Waals surface area contributed by atoms with Crippen LogP contribution < -0.4 is 10.6 Å². The number of imidazole rings is 1. The minimum Gasteiger partial charge on any atom is -0.357 e. The molecule has 7 heteroatoms. The van der Waals surface area contributed by atoms with Crippen LogP contribution in [0.15, 0.2) is 41.9 Å². The summed E-state index contributed by atoms with van der Waals surface area (Å²) in [7, 11) is 0. The van der Waals surface area contributed by atoms with E-state index in [2.05, 4.69) is 27.5 Å². The van der Waals surface area contributed by atoms with Gasteiger partial charge in [-0.3, -0.25) is 0 Å². The first-order valence-corrected chi connectivity index (χ1v) is 9.08. The van der Waals surface area contributed by atoms with E-state index in [4.69, 9.17) is 0 Å². The van der Waals surface area contributed by atoms with E-state index >= 15 is 0 Å². The first kappa shape index (κ1) is 20.7. The summed E-state index contributed by atoms with van der Waals surface area (Å²) in [4.78, 5) is 8.58. The first-order valence-electron chi connectivity index (χ1n) is 9.08. The maximum absolute atomic E-state index is 14.3. The normalized spacial score (nSPS) is 15.4. The molecule has 0 atom stereocenters. The van der Waals surface area contributed by atoms with Crippen molar-refractivity contribution < 1.29 is 4.39 Å². The highest BCUT2D eigenvalue weighted by Gasteiger charge is 2.14. The number of halogens is 2. The lowest BCUT2D eigenvalue weighted by molar-refractivity contribution is 0.410. The van der Waals surface area contributed by atoms with Crippen molar-refractivity contribution in [2.24, 2.45) is 4.99 Å². The molecule has 2 N–H and O–H groups in total. The van der Waals surface area contributed by atoms with Crippen molar-refractivity contribution in [2.75, 3.05) is 6.54 Å². The minimum atomic E-state index is -0.268. The second-order valence-corrected chi connectivity index (χ2v) is 6.43. The summed E-state index contributed by atoms with van der Waals surface area (Å²) >= 11 is 0. The van der Waals surface area contributed by atoms with Crippen LogP contribution in [0.4, 0.5) is 4.39 Å². The lowest BCUT2D eigenvalue weighted by Gasteiger charge is -2.24. The number of hydrogen-bond donors (Lipinski definition) is 2. The van der Waals surface area contributed by atoms with Crippen molar-refractivity contribution >= 4 is 29.9 Å². The number of aliphatic imine (C=N–C) groups is 1. The van der Waals surface area contributed by atoms with E-state index in [1.165, 1.54) is 32.1 Å². The second-order valence-electron chi connectivity index (χ2n) is 6.43. The number of guanidine groups is 1. The van der Waals surface area contributed by atoms with Crippen molar-refractivity contribution in [1.82, 2.24) is 20.2 Å². The predicted molar refractivity (Wildman–Crippen MR) is 114 cm³/mol. The zero-order valence-electron chi connectivity index (χ0n) is 15.1. The largest absolute Gasteiger partial charge is 0.357 e. The molecule has 1 heterocycles. The number of aromatic nitrogens is 2. The van der Waals surface area contributed by atoms with Crippen LogP contribution in [-0.2, 0) is 6.54 Å². The molecule has 1 aliphatic rings. The molecule has 3 rings (SSSR count). The Kier molecular flexibility index (Phi) is 8.34. The number of nitrogens with one attached hydrogen (secondary N) is 2. The van der Waals surface area contributed by atoms with Gasteiger partial charge in [-0.25, -0.2) is 14.4 Å². The zero-order chi connectivity index (χ0) is 17.5. The Morgan fingerprint density at radius 3 is 2.77 bits per heavy atom. The molecular weight excluding hydrogens is 444 g/mol. The molecule has 1 saturated carbocycles. The summed E-state index contributed by atoms with van der Waals surface area (Å²) in [6.07, 6.45) is 11.2. The Morgan fingerprint density at radius 2 is 2.12 bits per heavy atom. The van der Waals surface area contributed by atoms with Crippen molar-refractivity contribution in [1.29, 1.82) is 0 Å². The average molecular weight is 471 g/mol. The second kappa shape index (κ2) is 10.5. The molecule has 142 valence electrons. The molecule has 0 spiro atoms. The number of rotatable bonds is 5. The van der Waals surface area contributed by atoms with Gasteiger partial charge in [0.15, 0.2) is 5.96 Å². The van der Waals surface area contributed by atoms with E-state index in [1.807, 2.05) is 6.07 Å². The van der Waals surface area contributed by atoms with Crippen molar-refractivity contribution in [2.45, 2.75) is 51.6 Å². The van der Waals surface area contributed by atoms with E-state index in [1.54, 1.807) is 35.4 Å². The number of benzene rings is 1. The van der Waals surface area contributed by atoms with E-state index < -0.39 is 0 Å². The fourth-order valence-electron chi connectivity index (χ4n) is 3.19. The molecule has 5 nitrogen and oxygen atoms in total. The highest BCUT2D eigenvalue weighted by molar-refractivity contribution is 14.0. The molecule has 0 unspecified atom stereocenters. The van der Waals surface area contributed by atoms with Crippen LogP contribution in [0.3, 0.4) is 0 Å². The molecular formula is C19H27FIN5. The lowest BCUT2D eigenvalue weighted by Crippen LogP contribution is -2.44. The fraction of sp³-hybridized carbons (Fsp3) is 0.474. The van der Waals surface area contributed by atoms with E-state index in [0.717, 1.165) is 18.1 Å². The third-order valence-corrected chi connectivity index (χ3v) is 4.50. The van der Waals surface area contributed by atoms with Crippen molar-refractivity contribution in [3.05, 3.63) is 48.3 Å². The van der Waals surface area contributed by atoms with Gasteiger partial charge in [-0.1, -0.05) is 25.3 Å². The molecule has 26 heavy (non-hydrogen) atoms. The molecule has 1 aromatic heterocycles. The van der Waals surface area contributed by atoms with Crippen molar-refractivity contribution in [3.8, 4) is 5.69 Å². The number of hydrogen-bond acceptors (Lipinski definition) is 2. The smallest absolute Gasteiger partial charge is 0.191 e. The average Bonchev–Trinajstić information content (AvgIpc) is 3.15. The van der Waals surface area contributed by atoms with Gasteiger partial charge >= 0.3 is 0 Å². The van der Waals surface area contributed by atoms with Gasteiger partial charge in [0.05, 0.1) is 18.6 Å². The van der Waals surface area contributed by atoms with Crippen molar-refractivity contribution in [3.63, 3.8) is 0 Å². The van der Waals surface area contributed by atoms with Gasteiger partial charge in [0, 0.05) is 25.0 Å². The van der Waals surface area contributed by atoms with Gasteiger partial charge in [0.2, 0.25) is 0 Å². The van der Waals surface area contributed by atoms with Crippen LogP contribution in [0.1, 0.15) is 44.6 Å². The van der Waals surface area contributed by atoms with Gasteiger partial charge in [-0.15, -0.1) is 24.0 Å². The fourth-order valence-corrected chi connectivity index (χ4v) is 3.19. The summed E-state index contributed by atoms with van der Waals surface area (Å²) in [5.41, 5.74) is 1.35. The molecule has 0 saturated heterocycles. The Balaban J connectivity index is 0.00000243. The van der Waals surface area contributed by atoms with Crippen LogP contribution in [0.5, 0.6) is 0 Å². The highest BCUT2D eigenvalue weighted by Crippen LogP contribution is 2.18. The highest BCUT2D eigenvalue weighted by atomic mass is 127. The predicted octanol–water partition coefficient (Wildman–Crippen LogP) is 4.02.